The summed E-state index contributed by atoms with van der Waals surface area (Å²) in [6, 6.07) is 11.9. The van der Waals surface area contributed by atoms with Crippen LogP contribution in [0.15, 0.2) is 42.5 Å². The molecule has 0 unspecified atom stereocenters. The number of hydrazine groups is 1. The van der Waals surface area contributed by atoms with Crippen LogP contribution in [0.1, 0.15) is 0 Å². The van der Waals surface area contributed by atoms with Crippen molar-refractivity contribution in [2.45, 2.75) is 0 Å². The summed E-state index contributed by atoms with van der Waals surface area (Å²) < 4.78 is 5.65. The van der Waals surface area contributed by atoms with E-state index < -0.39 is 4.92 Å². The van der Waals surface area contributed by atoms with Crippen molar-refractivity contribution in [3.63, 3.8) is 0 Å². The van der Waals surface area contributed by atoms with Crippen LogP contribution >= 0.6 is 11.6 Å². The van der Waals surface area contributed by atoms with Crippen LogP contribution in [-0.4, -0.2) is 24.0 Å². The van der Waals surface area contributed by atoms with Gasteiger partial charge in [0.15, 0.2) is 5.69 Å². The Hall–Kier alpha value is -2.31. The number of hydrogen-bond donors (Lipinski definition) is 1. The Bertz CT molecular complexity index is 647. The fourth-order valence-corrected chi connectivity index (χ4v) is 1.96. The molecule has 0 saturated carbocycles. The maximum Gasteiger partial charge on any atom is 0.295 e. The number of nitro benzene ring substituents is 1. The molecule has 0 spiro atoms. The van der Waals surface area contributed by atoms with Gasteiger partial charge >= 0.3 is 0 Å². The molecule has 2 aromatic carbocycles. The Labute approximate surface area is 127 Å². The van der Waals surface area contributed by atoms with E-state index in [1.54, 1.807) is 31.2 Å². The number of nitro groups is 1. The Kier molecular flexibility index (Phi) is 4.62. The summed E-state index contributed by atoms with van der Waals surface area (Å²) in [7, 11) is 3.43. The Balaban J connectivity index is 2.42. The Morgan fingerprint density at radius 1 is 1.19 bits per heavy atom. The lowest BCUT2D eigenvalue weighted by Gasteiger charge is -2.16. The van der Waals surface area contributed by atoms with Gasteiger partial charge in [-0.05, 0) is 18.2 Å². The minimum absolute atomic E-state index is 0.117. The van der Waals surface area contributed by atoms with Crippen LogP contribution < -0.4 is 10.2 Å². The molecule has 0 aliphatic rings. The van der Waals surface area contributed by atoms with Gasteiger partial charge in [-0.2, -0.15) is 0 Å². The molecule has 21 heavy (non-hydrogen) atoms. The highest BCUT2D eigenvalue weighted by Gasteiger charge is 2.21. The van der Waals surface area contributed by atoms with Crippen LogP contribution in [0.4, 0.5) is 11.4 Å². The smallest absolute Gasteiger partial charge is 0.295 e. The number of rotatable bonds is 5. The molecule has 0 amide bonds. The number of ether oxygens (including phenoxy) is 1. The molecule has 0 aliphatic carbocycles. The zero-order valence-corrected chi connectivity index (χ0v) is 12.3. The van der Waals surface area contributed by atoms with E-state index in [9.17, 15) is 10.1 Å². The van der Waals surface area contributed by atoms with Gasteiger partial charge in [-0.1, -0.05) is 29.8 Å². The van der Waals surface area contributed by atoms with Crippen LogP contribution in [0.3, 0.4) is 0 Å². The molecule has 2 aromatic rings. The first-order valence-corrected chi connectivity index (χ1v) is 6.50. The molecule has 6 nitrogen and oxygen atoms in total. The third-order valence-electron chi connectivity index (χ3n) is 2.59. The maximum atomic E-state index is 11.1. The summed E-state index contributed by atoms with van der Waals surface area (Å²) in [4.78, 5) is 10.6. The lowest BCUT2D eigenvalue weighted by molar-refractivity contribution is -0.384. The van der Waals surface area contributed by atoms with Gasteiger partial charge in [0.1, 0.15) is 16.5 Å². The molecular weight excluding hydrogens is 294 g/mol. The molecule has 0 bridgehead atoms. The van der Waals surface area contributed by atoms with Gasteiger partial charge in [0.05, 0.1) is 4.92 Å². The molecule has 110 valence electrons. The summed E-state index contributed by atoms with van der Waals surface area (Å²) in [6.07, 6.45) is 0. The second-order valence-corrected chi connectivity index (χ2v) is 4.83. The first-order valence-electron chi connectivity index (χ1n) is 6.13. The van der Waals surface area contributed by atoms with E-state index in [1.807, 2.05) is 18.2 Å². The summed E-state index contributed by atoms with van der Waals surface area (Å²) >= 11 is 6.23. The third kappa shape index (κ3) is 3.62. The van der Waals surface area contributed by atoms with Crippen molar-refractivity contribution in [1.82, 2.24) is 5.01 Å². The standard InChI is InChI=1S/C14H14ClN3O3/c1-17(2)16-14-11(18(19)20)8-9-12(13(14)15)21-10-6-4-3-5-7-10/h3-9,16H,1-2H3. The molecule has 0 aliphatic heterocycles. The average molecular weight is 308 g/mol. The molecule has 0 aromatic heterocycles. The fraction of sp³-hybridized carbons (Fsp3) is 0.143. The van der Waals surface area contributed by atoms with Crippen molar-refractivity contribution in [3.8, 4) is 11.5 Å². The van der Waals surface area contributed by atoms with Crippen molar-refractivity contribution in [2.24, 2.45) is 0 Å². The SMILES string of the molecule is CN(C)Nc1c([N+](=O)[O-])ccc(Oc2ccccc2)c1Cl. The number of para-hydroxylation sites is 1. The van der Waals surface area contributed by atoms with E-state index in [1.165, 1.54) is 12.1 Å². The molecule has 0 heterocycles. The predicted octanol–water partition coefficient (Wildman–Crippen LogP) is 3.93. The van der Waals surface area contributed by atoms with Gasteiger partial charge in [0.25, 0.3) is 5.69 Å². The number of hydrogen-bond acceptors (Lipinski definition) is 5. The van der Waals surface area contributed by atoms with Gasteiger partial charge in [-0.3, -0.25) is 10.1 Å². The van der Waals surface area contributed by atoms with Crippen molar-refractivity contribution >= 4 is 23.0 Å². The molecule has 0 radical (unpaired) electrons. The van der Waals surface area contributed by atoms with Gasteiger partial charge < -0.3 is 10.2 Å². The summed E-state index contributed by atoms with van der Waals surface area (Å²) in [5.74, 6) is 0.946. The van der Waals surface area contributed by atoms with Gasteiger partial charge in [0.2, 0.25) is 0 Å². The highest BCUT2D eigenvalue weighted by atomic mass is 35.5. The lowest BCUT2D eigenvalue weighted by atomic mass is 10.2. The highest BCUT2D eigenvalue weighted by Crippen LogP contribution is 2.40. The van der Waals surface area contributed by atoms with Crippen molar-refractivity contribution in [3.05, 3.63) is 57.6 Å². The first-order chi connectivity index (χ1) is 9.99. The second-order valence-electron chi connectivity index (χ2n) is 4.45. The van der Waals surface area contributed by atoms with E-state index in [4.69, 9.17) is 16.3 Å². The molecule has 1 N–H and O–H groups in total. The van der Waals surface area contributed by atoms with Gasteiger partial charge in [0, 0.05) is 20.2 Å². The van der Waals surface area contributed by atoms with Gasteiger partial charge in [-0.25, -0.2) is 5.01 Å². The molecule has 7 heteroatoms. The fourth-order valence-electron chi connectivity index (χ4n) is 1.72. The normalized spacial score (nSPS) is 10.5. The predicted molar refractivity (Wildman–Crippen MR) is 81.9 cm³/mol. The third-order valence-corrected chi connectivity index (χ3v) is 2.96. The Morgan fingerprint density at radius 2 is 1.86 bits per heavy atom. The second kappa shape index (κ2) is 6.43. The zero-order valence-electron chi connectivity index (χ0n) is 11.5. The van der Waals surface area contributed by atoms with Crippen molar-refractivity contribution in [1.29, 1.82) is 0 Å². The number of nitrogens with one attached hydrogen (secondary N) is 1. The van der Waals surface area contributed by atoms with E-state index in [2.05, 4.69) is 5.43 Å². The molecule has 2 rings (SSSR count). The maximum absolute atomic E-state index is 11.1. The summed E-state index contributed by atoms with van der Waals surface area (Å²) in [5.41, 5.74) is 2.91. The van der Waals surface area contributed by atoms with Crippen molar-refractivity contribution < 1.29 is 9.66 Å². The van der Waals surface area contributed by atoms with Crippen LogP contribution in [-0.2, 0) is 0 Å². The van der Waals surface area contributed by atoms with Crippen molar-refractivity contribution in [2.75, 3.05) is 19.5 Å². The van der Waals surface area contributed by atoms with Crippen LogP contribution in [0.5, 0.6) is 11.5 Å². The largest absolute Gasteiger partial charge is 0.456 e. The molecular formula is C14H14ClN3O3. The Morgan fingerprint density at radius 3 is 2.43 bits per heavy atom. The van der Waals surface area contributed by atoms with Crippen LogP contribution in [0.2, 0.25) is 5.02 Å². The van der Waals surface area contributed by atoms with E-state index in [0.717, 1.165) is 0 Å². The number of benzene rings is 2. The molecule has 0 fully saturated rings. The van der Waals surface area contributed by atoms with E-state index in [0.29, 0.717) is 11.5 Å². The monoisotopic (exact) mass is 307 g/mol. The number of halogens is 1. The lowest BCUT2D eigenvalue weighted by Crippen LogP contribution is -2.20. The quantitative estimate of drug-likeness (QED) is 0.669. The minimum Gasteiger partial charge on any atom is -0.456 e. The average Bonchev–Trinajstić information content (AvgIpc) is 2.43. The van der Waals surface area contributed by atoms with Crippen LogP contribution in [0.25, 0.3) is 0 Å². The minimum atomic E-state index is -0.496. The zero-order chi connectivity index (χ0) is 15.4. The topological polar surface area (TPSA) is 67.6 Å². The molecule has 0 saturated heterocycles. The van der Waals surface area contributed by atoms with Crippen LogP contribution in [0, 0.1) is 10.1 Å². The first kappa shape index (κ1) is 15.1. The summed E-state index contributed by atoms with van der Waals surface area (Å²) in [6.45, 7) is 0. The van der Waals surface area contributed by atoms with E-state index in [-0.39, 0.29) is 16.4 Å². The number of anilines is 1. The highest BCUT2D eigenvalue weighted by molar-refractivity contribution is 6.35. The summed E-state index contributed by atoms with van der Waals surface area (Å²) in [5, 5.41) is 12.8. The number of nitrogens with zero attached hydrogens (tertiary/aromatic N) is 2. The molecule has 0 atom stereocenters. The van der Waals surface area contributed by atoms with Gasteiger partial charge in [-0.15, -0.1) is 0 Å². The van der Waals surface area contributed by atoms with E-state index >= 15 is 0 Å².